The van der Waals surface area contributed by atoms with Crippen molar-refractivity contribution < 1.29 is 0 Å². The van der Waals surface area contributed by atoms with Gasteiger partial charge in [0.1, 0.15) is 5.82 Å². The van der Waals surface area contributed by atoms with Crippen LogP contribution in [0.25, 0.3) is 0 Å². The molecule has 21 heavy (non-hydrogen) atoms. The molecule has 0 aliphatic rings. The Labute approximate surface area is 123 Å². The highest BCUT2D eigenvalue weighted by molar-refractivity contribution is 5.44. The first kappa shape index (κ1) is 15.0. The zero-order valence-corrected chi connectivity index (χ0v) is 12.3. The van der Waals surface area contributed by atoms with E-state index in [0.29, 0.717) is 12.4 Å². The third-order valence-electron chi connectivity index (χ3n) is 3.33. The average Bonchev–Trinajstić information content (AvgIpc) is 2.51. The van der Waals surface area contributed by atoms with Crippen LogP contribution in [-0.4, -0.2) is 27.9 Å². The number of nitrogens with zero attached hydrogens (tertiary/aromatic N) is 4. The number of rotatable bonds is 6. The highest BCUT2D eigenvalue weighted by Crippen LogP contribution is 2.12. The minimum Gasteiger partial charge on any atom is -0.371 e. The SMILES string of the molecule is CCN(CC)c1cnn(Cc2cccnc2NN)c(=O)c1. The Balaban J connectivity index is 2.28. The zero-order valence-electron chi connectivity index (χ0n) is 12.3. The van der Waals surface area contributed by atoms with Crippen LogP contribution >= 0.6 is 0 Å². The molecule has 3 N–H and O–H groups in total. The van der Waals surface area contributed by atoms with E-state index < -0.39 is 0 Å². The molecule has 2 aromatic heterocycles. The van der Waals surface area contributed by atoms with Crippen molar-refractivity contribution in [2.24, 2.45) is 5.84 Å². The molecule has 0 bridgehead atoms. The van der Waals surface area contributed by atoms with E-state index in [0.717, 1.165) is 24.3 Å². The predicted molar refractivity (Wildman–Crippen MR) is 83.2 cm³/mol. The van der Waals surface area contributed by atoms with Crippen LogP contribution in [0.2, 0.25) is 0 Å². The number of nitrogens with two attached hydrogens (primary N) is 1. The van der Waals surface area contributed by atoms with Crippen molar-refractivity contribution in [1.29, 1.82) is 0 Å². The van der Waals surface area contributed by atoms with Gasteiger partial charge in [-0.1, -0.05) is 6.07 Å². The van der Waals surface area contributed by atoms with Crippen LogP contribution in [0, 0.1) is 0 Å². The Morgan fingerprint density at radius 1 is 1.38 bits per heavy atom. The van der Waals surface area contributed by atoms with Gasteiger partial charge in [-0.15, -0.1) is 0 Å². The fraction of sp³-hybridized carbons (Fsp3) is 0.357. The van der Waals surface area contributed by atoms with Crippen molar-refractivity contribution in [2.45, 2.75) is 20.4 Å². The molecule has 112 valence electrons. The standard InChI is InChI=1S/C14H20N6O/c1-3-19(4-2)12-8-13(21)20(17-9-12)10-11-6-5-7-16-14(11)18-15/h5-9H,3-4,10,15H2,1-2H3,(H,16,18). The first-order valence-corrected chi connectivity index (χ1v) is 6.92. The Kier molecular flexibility index (Phi) is 4.89. The first-order chi connectivity index (χ1) is 10.2. The van der Waals surface area contributed by atoms with Crippen molar-refractivity contribution in [3.05, 3.63) is 46.5 Å². The number of pyridine rings is 1. The van der Waals surface area contributed by atoms with Crippen LogP contribution in [0.5, 0.6) is 0 Å². The van der Waals surface area contributed by atoms with E-state index in [1.165, 1.54) is 4.68 Å². The van der Waals surface area contributed by atoms with Gasteiger partial charge in [0.05, 0.1) is 18.4 Å². The molecular weight excluding hydrogens is 268 g/mol. The predicted octanol–water partition coefficient (Wildman–Crippen LogP) is 0.818. The third kappa shape index (κ3) is 3.38. The molecule has 2 heterocycles. The molecule has 0 saturated heterocycles. The number of aromatic nitrogens is 3. The lowest BCUT2D eigenvalue weighted by Crippen LogP contribution is -2.28. The summed E-state index contributed by atoms with van der Waals surface area (Å²) in [5.41, 5.74) is 4.02. The van der Waals surface area contributed by atoms with Gasteiger partial charge in [0, 0.05) is 30.9 Å². The summed E-state index contributed by atoms with van der Waals surface area (Å²) in [7, 11) is 0. The second kappa shape index (κ2) is 6.85. The minimum atomic E-state index is -0.147. The molecule has 0 spiro atoms. The molecule has 0 atom stereocenters. The fourth-order valence-corrected chi connectivity index (χ4v) is 2.16. The van der Waals surface area contributed by atoms with Gasteiger partial charge in [0.15, 0.2) is 0 Å². The Morgan fingerprint density at radius 3 is 2.76 bits per heavy atom. The number of hydrogen-bond acceptors (Lipinski definition) is 6. The smallest absolute Gasteiger partial charge is 0.269 e. The minimum absolute atomic E-state index is 0.147. The van der Waals surface area contributed by atoms with Crippen LogP contribution in [0.15, 0.2) is 35.4 Å². The van der Waals surface area contributed by atoms with Crippen LogP contribution in [-0.2, 0) is 6.54 Å². The van der Waals surface area contributed by atoms with E-state index in [1.54, 1.807) is 24.5 Å². The van der Waals surface area contributed by atoms with E-state index in [4.69, 9.17) is 5.84 Å². The van der Waals surface area contributed by atoms with Gasteiger partial charge in [0.2, 0.25) is 0 Å². The zero-order chi connectivity index (χ0) is 15.2. The summed E-state index contributed by atoms with van der Waals surface area (Å²) in [6.45, 7) is 6.09. The molecule has 0 fully saturated rings. The fourth-order valence-electron chi connectivity index (χ4n) is 2.16. The van der Waals surface area contributed by atoms with Gasteiger partial charge in [-0.2, -0.15) is 5.10 Å². The van der Waals surface area contributed by atoms with E-state index >= 15 is 0 Å². The van der Waals surface area contributed by atoms with Gasteiger partial charge >= 0.3 is 0 Å². The summed E-state index contributed by atoms with van der Waals surface area (Å²) < 4.78 is 1.39. The van der Waals surface area contributed by atoms with E-state index in [9.17, 15) is 4.79 Å². The van der Waals surface area contributed by atoms with Gasteiger partial charge in [-0.3, -0.25) is 4.79 Å². The van der Waals surface area contributed by atoms with E-state index in [-0.39, 0.29) is 5.56 Å². The quantitative estimate of drug-likeness (QED) is 0.604. The van der Waals surface area contributed by atoms with Crippen LogP contribution < -0.4 is 21.7 Å². The van der Waals surface area contributed by atoms with Gasteiger partial charge in [-0.25, -0.2) is 15.5 Å². The normalized spacial score (nSPS) is 10.4. The number of anilines is 2. The number of hydrazine groups is 1. The Bertz CT molecular complexity index is 650. The summed E-state index contributed by atoms with van der Waals surface area (Å²) in [6.07, 6.45) is 3.35. The molecular formula is C14H20N6O. The summed E-state index contributed by atoms with van der Waals surface area (Å²) in [6, 6.07) is 5.26. The summed E-state index contributed by atoms with van der Waals surface area (Å²) in [5.74, 6) is 5.96. The van der Waals surface area contributed by atoms with Crippen molar-refractivity contribution in [1.82, 2.24) is 14.8 Å². The molecule has 0 radical (unpaired) electrons. The maximum Gasteiger partial charge on any atom is 0.269 e. The molecule has 0 amide bonds. The molecule has 7 heteroatoms. The summed E-state index contributed by atoms with van der Waals surface area (Å²) >= 11 is 0. The number of hydrogen-bond donors (Lipinski definition) is 2. The molecule has 0 saturated carbocycles. The number of nitrogen functional groups attached to an aromatic ring is 1. The lowest BCUT2D eigenvalue weighted by Gasteiger charge is -2.20. The molecule has 7 nitrogen and oxygen atoms in total. The molecule has 0 aromatic carbocycles. The average molecular weight is 288 g/mol. The van der Waals surface area contributed by atoms with Gasteiger partial charge < -0.3 is 10.3 Å². The second-order valence-corrected chi connectivity index (χ2v) is 4.54. The largest absolute Gasteiger partial charge is 0.371 e. The molecule has 0 aliphatic heterocycles. The van der Waals surface area contributed by atoms with Crippen molar-refractivity contribution in [2.75, 3.05) is 23.4 Å². The summed E-state index contributed by atoms with van der Waals surface area (Å²) in [5, 5.41) is 4.23. The number of nitrogens with one attached hydrogen (secondary N) is 1. The molecule has 0 unspecified atom stereocenters. The highest BCUT2D eigenvalue weighted by atomic mass is 16.1. The Morgan fingerprint density at radius 2 is 2.14 bits per heavy atom. The molecule has 2 aromatic rings. The molecule has 2 rings (SSSR count). The van der Waals surface area contributed by atoms with E-state index in [2.05, 4.69) is 20.4 Å². The maximum absolute atomic E-state index is 12.2. The van der Waals surface area contributed by atoms with Crippen LogP contribution in [0.3, 0.4) is 0 Å². The Hall–Kier alpha value is -2.41. The molecule has 0 aliphatic carbocycles. The highest BCUT2D eigenvalue weighted by Gasteiger charge is 2.08. The van der Waals surface area contributed by atoms with E-state index in [1.807, 2.05) is 19.9 Å². The van der Waals surface area contributed by atoms with Crippen LogP contribution in [0.4, 0.5) is 11.5 Å². The first-order valence-electron chi connectivity index (χ1n) is 6.92. The lowest BCUT2D eigenvalue weighted by atomic mass is 10.2. The third-order valence-corrected chi connectivity index (χ3v) is 3.33. The summed E-state index contributed by atoms with van der Waals surface area (Å²) in [4.78, 5) is 18.4. The van der Waals surface area contributed by atoms with Crippen molar-refractivity contribution >= 4 is 11.5 Å². The van der Waals surface area contributed by atoms with Gasteiger partial charge in [0.25, 0.3) is 5.56 Å². The van der Waals surface area contributed by atoms with Crippen LogP contribution in [0.1, 0.15) is 19.4 Å². The monoisotopic (exact) mass is 288 g/mol. The second-order valence-electron chi connectivity index (χ2n) is 4.54. The van der Waals surface area contributed by atoms with Crippen molar-refractivity contribution in [3.8, 4) is 0 Å². The van der Waals surface area contributed by atoms with Crippen molar-refractivity contribution in [3.63, 3.8) is 0 Å². The topological polar surface area (TPSA) is 89.1 Å². The lowest BCUT2D eigenvalue weighted by molar-refractivity contribution is 0.635. The maximum atomic E-state index is 12.2. The van der Waals surface area contributed by atoms with Gasteiger partial charge in [-0.05, 0) is 19.9 Å².